The van der Waals surface area contributed by atoms with Gasteiger partial charge in [0.1, 0.15) is 12.7 Å². The molecule has 24 heavy (non-hydrogen) atoms. The number of aromatic nitrogens is 2. The number of rotatable bonds is 6. The van der Waals surface area contributed by atoms with E-state index >= 15 is 0 Å². The van der Waals surface area contributed by atoms with Gasteiger partial charge in [-0.25, -0.2) is 0 Å². The molecular weight excluding hydrogens is 334 g/mol. The lowest BCUT2D eigenvalue weighted by molar-refractivity contribution is -0.389. The number of nitrogens with zero attached hydrogens (tertiary/aromatic N) is 5. The summed E-state index contributed by atoms with van der Waals surface area (Å²) in [4.78, 5) is 27.7. The van der Waals surface area contributed by atoms with Crippen LogP contribution in [0, 0.1) is 28.4 Å². The predicted molar refractivity (Wildman–Crippen MR) is 87.7 cm³/mol. The second-order valence-electron chi connectivity index (χ2n) is 5.05. The molecule has 0 aliphatic rings. The molecular formula is C15H14ClN5O3. The van der Waals surface area contributed by atoms with Gasteiger partial charge in [-0.15, -0.1) is 0 Å². The predicted octanol–water partition coefficient (Wildman–Crippen LogP) is 2.70. The molecule has 1 aromatic heterocycles. The molecule has 0 radical (unpaired) electrons. The largest absolute Gasteiger partial charge is 0.381 e. The highest BCUT2D eigenvalue weighted by Gasteiger charge is 2.19. The number of anilines is 1. The Kier molecular flexibility index (Phi) is 5.50. The number of hydrogen-bond donors (Lipinski definition) is 0. The third-order valence-electron chi connectivity index (χ3n) is 3.33. The van der Waals surface area contributed by atoms with Crippen molar-refractivity contribution in [3.63, 3.8) is 0 Å². The van der Waals surface area contributed by atoms with Crippen molar-refractivity contribution in [3.8, 4) is 6.07 Å². The van der Waals surface area contributed by atoms with Gasteiger partial charge in [0.2, 0.25) is 12.2 Å². The van der Waals surface area contributed by atoms with Gasteiger partial charge < -0.3 is 19.6 Å². The normalized spacial score (nSPS) is 10.2. The van der Waals surface area contributed by atoms with Crippen LogP contribution in [0.15, 0.2) is 30.7 Å². The maximum absolute atomic E-state index is 12.6. The number of aryl methyl sites for hydroxylation is 1. The zero-order valence-electron chi connectivity index (χ0n) is 12.8. The smallest absolute Gasteiger partial charge is 0.358 e. The van der Waals surface area contributed by atoms with Crippen molar-refractivity contribution in [2.24, 2.45) is 0 Å². The van der Waals surface area contributed by atoms with Crippen LogP contribution < -0.4 is 4.90 Å². The Balaban J connectivity index is 2.22. The van der Waals surface area contributed by atoms with Gasteiger partial charge in [-0.2, -0.15) is 5.26 Å². The Hall–Kier alpha value is -2.92. The zero-order chi connectivity index (χ0) is 17.7. The quantitative estimate of drug-likeness (QED) is 0.590. The highest BCUT2D eigenvalue weighted by Crippen LogP contribution is 2.23. The number of carbonyl (C=O) groups is 1. The molecule has 0 saturated carbocycles. The topological polar surface area (TPSA) is 105 Å². The Morgan fingerprint density at radius 1 is 1.54 bits per heavy atom. The van der Waals surface area contributed by atoms with E-state index in [0.717, 1.165) is 5.56 Å². The molecule has 9 heteroatoms. The van der Waals surface area contributed by atoms with Crippen LogP contribution in [0.3, 0.4) is 0 Å². The first-order valence-corrected chi connectivity index (χ1v) is 7.40. The van der Waals surface area contributed by atoms with E-state index in [2.05, 4.69) is 4.98 Å². The SMILES string of the molecule is Cc1cc(N(CCC#N)C(=O)Cn2cnc([N+](=O)[O-])c2)ccc1Cl. The summed E-state index contributed by atoms with van der Waals surface area (Å²) < 4.78 is 1.34. The van der Waals surface area contributed by atoms with E-state index in [1.54, 1.807) is 18.2 Å². The number of nitriles is 1. The number of nitro groups is 1. The van der Waals surface area contributed by atoms with Crippen molar-refractivity contribution in [1.82, 2.24) is 9.55 Å². The lowest BCUT2D eigenvalue weighted by Crippen LogP contribution is -2.34. The van der Waals surface area contributed by atoms with E-state index in [4.69, 9.17) is 16.9 Å². The zero-order valence-corrected chi connectivity index (χ0v) is 13.6. The van der Waals surface area contributed by atoms with Crippen LogP contribution in [-0.4, -0.2) is 26.9 Å². The summed E-state index contributed by atoms with van der Waals surface area (Å²) in [6, 6.07) is 7.14. The van der Waals surface area contributed by atoms with Crippen molar-refractivity contribution in [3.05, 3.63) is 51.4 Å². The number of benzene rings is 1. The molecule has 0 unspecified atom stereocenters. The van der Waals surface area contributed by atoms with Crippen LogP contribution in [0.4, 0.5) is 11.5 Å². The first-order chi connectivity index (χ1) is 11.4. The fourth-order valence-electron chi connectivity index (χ4n) is 2.13. The van der Waals surface area contributed by atoms with Gasteiger partial charge in [-0.1, -0.05) is 11.6 Å². The molecule has 2 rings (SSSR count). The van der Waals surface area contributed by atoms with Crippen LogP contribution in [0.5, 0.6) is 0 Å². The Morgan fingerprint density at radius 2 is 2.29 bits per heavy atom. The summed E-state index contributed by atoms with van der Waals surface area (Å²) in [5.41, 5.74) is 1.42. The van der Waals surface area contributed by atoms with Gasteiger partial charge in [0.15, 0.2) is 0 Å². The van der Waals surface area contributed by atoms with Gasteiger partial charge in [0.25, 0.3) is 0 Å². The van der Waals surface area contributed by atoms with E-state index in [9.17, 15) is 14.9 Å². The Bertz CT molecular complexity index is 812. The van der Waals surface area contributed by atoms with E-state index in [-0.39, 0.29) is 31.2 Å². The van der Waals surface area contributed by atoms with Crippen molar-refractivity contribution < 1.29 is 9.72 Å². The minimum Gasteiger partial charge on any atom is -0.358 e. The molecule has 0 atom stereocenters. The van der Waals surface area contributed by atoms with Crippen LogP contribution in [-0.2, 0) is 11.3 Å². The molecule has 1 amide bonds. The maximum Gasteiger partial charge on any atom is 0.381 e. The average molecular weight is 348 g/mol. The van der Waals surface area contributed by atoms with E-state index in [1.807, 2.05) is 13.0 Å². The van der Waals surface area contributed by atoms with Gasteiger partial charge in [0, 0.05) is 17.3 Å². The van der Waals surface area contributed by atoms with Crippen molar-refractivity contribution >= 4 is 29.0 Å². The van der Waals surface area contributed by atoms with E-state index < -0.39 is 4.92 Å². The van der Waals surface area contributed by atoms with Gasteiger partial charge in [-0.05, 0) is 40.6 Å². The Morgan fingerprint density at radius 3 is 2.88 bits per heavy atom. The second kappa shape index (κ2) is 7.57. The van der Waals surface area contributed by atoms with E-state index in [0.29, 0.717) is 10.7 Å². The van der Waals surface area contributed by atoms with E-state index in [1.165, 1.54) is 22.0 Å². The highest BCUT2D eigenvalue weighted by atomic mass is 35.5. The summed E-state index contributed by atoms with van der Waals surface area (Å²) in [5.74, 6) is -0.631. The molecule has 0 spiro atoms. The summed E-state index contributed by atoms with van der Waals surface area (Å²) in [6.07, 6.45) is 2.58. The third kappa shape index (κ3) is 4.08. The molecule has 1 heterocycles. The minimum absolute atomic E-state index is 0.117. The number of imidazole rings is 1. The van der Waals surface area contributed by atoms with Crippen LogP contribution in [0.2, 0.25) is 5.02 Å². The third-order valence-corrected chi connectivity index (χ3v) is 3.75. The number of amides is 1. The molecule has 1 aromatic carbocycles. The number of hydrogen-bond acceptors (Lipinski definition) is 5. The summed E-state index contributed by atoms with van der Waals surface area (Å²) in [6.45, 7) is 1.92. The first-order valence-electron chi connectivity index (χ1n) is 7.02. The fourth-order valence-corrected chi connectivity index (χ4v) is 2.24. The van der Waals surface area contributed by atoms with Crippen molar-refractivity contribution in [2.75, 3.05) is 11.4 Å². The molecule has 2 aromatic rings. The first kappa shape index (κ1) is 17.4. The minimum atomic E-state index is -0.628. The van der Waals surface area contributed by atoms with Gasteiger partial charge >= 0.3 is 5.82 Å². The highest BCUT2D eigenvalue weighted by molar-refractivity contribution is 6.31. The maximum atomic E-state index is 12.6. The average Bonchev–Trinajstić information content (AvgIpc) is 3.00. The molecule has 0 aliphatic carbocycles. The standard InChI is InChI=1S/C15H14ClN5O3/c1-11-7-12(3-4-13(11)16)20(6-2-5-17)15(22)9-19-8-14(18-10-19)21(23)24/h3-4,7-8,10H,2,6,9H2,1H3. The van der Waals surface area contributed by atoms with Crippen LogP contribution in [0.1, 0.15) is 12.0 Å². The number of carbonyl (C=O) groups excluding carboxylic acids is 1. The molecule has 0 bridgehead atoms. The monoisotopic (exact) mass is 347 g/mol. The summed E-state index contributed by atoms with van der Waals surface area (Å²) >= 11 is 6.00. The summed E-state index contributed by atoms with van der Waals surface area (Å²) in [7, 11) is 0. The number of halogens is 1. The molecule has 0 N–H and O–H groups in total. The van der Waals surface area contributed by atoms with Gasteiger partial charge in [0.05, 0.1) is 12.5 Å². The van der Waals surface area contributed by atoms with Gasteiger partial charge in [-0.3, -0.25) is 4.79 Å². The fraction of sp³-hybridized carbons (Fsp3) is 0.267. The van der Waals surface area contributed by atoms with Crippen molar-refractivity contribution in [1.29, 1.82) is 5.26 Å². The molecule has 0 aliphatic heterocycles. The summed E-state index contributed by atoms with van der Waals surface area (Å²) in [5, 5.41) is 20.0. The Labute approximate surface area is 143 Å². The second-order valence-corrected chi connectivity index (χ2v) is 5.46. The molecule has 124 valence electrons. The molecule has 0 fully saturated rings. The van der Waals surface area contributed by atoms with Crippen molar-refractivity contribution in [2.45, 2.75) is 19.9 Å². The lowest BCUT2D eigenvalue weighted by Gasteiger charge is -2.22. The molecule has 0 saturated heterocycles. The van der Waals surface area contributed by atoms with Crippen LogP contribution in [0.25, 0.3) is 0 Å². The van der Waals surface area contributed by atoms with Crippen LogP contribution >= 0.6 is 11.6 Å². The lowest BCUT2D eigenvalue weighted by atomic mass is 10.2. The molecule has 8 nitrogen and oxygen atoms in total.